The molecule has 2 unspecified atom stereocenters. The molecule has 21 heavy (non-hydrogen) atoms. The number of hydrogen-bond donors (Lipinski definition) is 1. The number of para-hydroxylation sites is 1. The third-order valence-corrected chi connectivity index (χ3v) is 4.47. The lowest BCUT2D eigenvalue weighted by Crippen LogP contribution is -2.30. The van der Waals surface area contributed by atoms with E-state index in [4.69, 9.17) is 15.2 Å². The van der Waals surface area contributed by atoms with Crippen LogP contribution in [0, 0.1) is 0 Å². The molecule has 1 heterocycles. The first-order valence-corrected chi connectivity index (χ1v) is 8.16. The van der Waals surface area contributed by atoms with Crippen molar-refractivity contribution in [1.82, 2.24) is 0 Å². The molecule has 0 spiro atoms. The fourth-order valence-corrected chi connectivity index (χ4v) is 2.99. The summed E-state index contributed by atoms with van der Waals surface area (Å²) in [5.41, 5.74) is 7.28. The Labute approximate surface area is 130 Å². The molecule has 0 bridgehead atoms. The van der Waals surface area contributed by atoms with E-state index in [-0.39, 0.29) is 12.1 Å². The van der Waals surface area contributed by atoms with Crippen LogP contribution in [0.2, 0.25) is 0 Å². The van der Waals surface area contributed by atoms with E-state index in [2.05, 4.69) is 24.4 Å². The summed E-state index contributed by atoms with van der Waals surface area (Å²) in [5.74, 6) is 0.836. The van der Waals surface area contributed by atoms with Gasteiger partial charge in [-0.1, -0.05) is 31.2 Å². The number of hydrogen-bond acceptors (Lipinski definition) is 4. The van der Waals surface area contributed by atoms with Crippen molar-refractivity contribution in [2.45, 2.75) is 31.9 Å². The largest absolute Gasteiger partial charge is 0.496 e. The third kappa shape index (κ3) is 4.30. The summed E-state index contributed by atoms with van der Waals surface area (Å²) in [6, 6.07) is 12.1. The quantitative estimate of drug-likeness (QED) is 0.807. The molecule has 1 aromatic heterocycles. The van der Waals surface area contributed by atoms with Gasteiger partial charge in [-0.2, -0.15) is 0 Å². The number of methoxy groups -OCH3 is 1. The van der Waals surface area contributed by atoms with Gasteiger partial charge in [0, 0.05) is 22.9 Å². The molecular weight excluding hydrogens is 282 g/mol. The highest BCUT2D eigenvalue weighted by Crippen LogP contribution is 2.30. The maximum absolute atomic E-state index is 6.25. The number of rotatable bonds is 8. The second kappa shape index (κ2) is 8.17. The van der Waals surface area contributed by atoms with Crippen LogP contribution in [0.1, 0.15) is 29.9 Å². The van der Waals surface area contributed by atoms with Gasteiger partial charge in [-0.15, -0.1) is 11.3 Å². The maximum Gasteiger partial charge on any atom is 0.124 e. The monoisotopic (exact) mass is 305 g/mol. The topological polar surface area (TPSA) is 44.5 Å². The van der Waals surface area contributed by atoms with E-state index < -0.39 is 0 Å². The zero-order valence-corrected chi connectivity index (χ0v) is 13.4. The average molecular weight is 305 g/mol. The first-order valence-electron chi connectivity index (χ1n) is 7.28. The average Bonchev–Trinajstić information content (AvgIpc) is 3.04. The minimum Gasteiger partial charge on any atom is -0.496 e. The summed E-state index contributed by atoms with van der Waals surface area (Å²) < 4.78 is 11.5. The molecule has 2 aromatic rings. The second-order valence-electron chi connectivity index (χ2n) is 4.93. The van der Waals surface area contributed by atoms with Crippen molar-refractivity contribution in [2.24, 2.45) is 5.73 Å². The summed E-state index contributed by atoms with van der Waals surface area (Å²) in [6.45, 7) is 2.74. The van der Waals surface area contributed by atoms with Crippen LogP contribution < -0.4 is 10.5 Å². The molecule has 2 N–H and O–H groups in total. The van der Waals surface area contributed by atoms with Crippen LogP contribution in [0.15, 0.2) is 41.8 Å². The van der Waals surface area contributed by atoms with Crippen LogP contribution in [0.5, 0.6) is 5.75 Å². The highest BCUT2D eigenvalue weighted by molar-refractivity contribution is 7.09. The van der Waals surface area contributed by atoms with Crippen molar-refractivity contribution >= 4 is 11.3 Å². The first kappa shape index (κ1) is 16.0. The fraction of sp³-hybridized carbons (Fsp3) is 0.412. The minimum atomic E-state index is -0.133. The number of benzene rings is 1. The highest BCUT2D eigenvalue weighted by atomic mass is 32.1. The predicted octanol–water partition coefficient (Wildman–Crippen LogP) is 3.79. The zero-order valence-electron chi connectivity index (χ0n) is 12.6. The van der Waals surface area contributed by atoms with Crippen molar-refractivity contribution in [3.05, 3.63) is 52.2 Å². The van der Waals surface area contributed by atoms with Crippen LogP contribution in [-0.2, 0) is 11.2 Å². The Morgan fingerprint density at radius 1 is 1.19 bits per heavy atom. The molecule has 4 heteroatoms. The Bertz CT molecular complexity index is 527. The molecule has 0 fully saturated rings. The fourth-order valence-electron chi connectivity index (χ4n) is 2.30. The Morgan fingerprint density at radius 3 is 2.67 bits per heavy atom. The molecule has 0 amide bonds. The normalized spacial score (nSPS) is 13.9. The second-order valence-corrected chi connectivity index (χ2v) is 5.97. The lowest BCUT2D eigenvalue weighted by atomic mass is 10.00. The van der Waals surface area contributed by atoms with Gasteiger partial charge in [0.15, 0.2) is 0 Å². The lowest BCUT2D eigenvalue weighted by Gasteiger charge is -2.25. The standard InChI is InChI=1S/C17H23NO2S/c1-3-15(18)17(14-8-4-5-9-16(14)19-2)20-11-10-13-7-6-12-21-13/h4-9,12,15,17H,3,10-11,18H2,1-2H3. The van der Waals surface area contributed by atoms with Gasteiger partial charge in [-0.25, -0.2) is 0 Å². The molecule has 0 aliphatic rings. The minimum absolute atomic E-state index is 0.0374. The number of ether oxygens (including phenoxy) is 2. The molecule has 1 aromatic carbocycles. The van der Waals surface area contributed by atoms with Crippen molar-refractivity contribution in [3.63, 3.8) is 0 Å². The molecular formula is C17H23NO2S. The van der Waals surface area contributed by atoms with E-state index in [1.165, 1.54) is 4.88 Å². The van der Waals surface area contributed by atoms with E-state index in [0.29, 0.717) is 6.61 Å². The Hall–Kier alpha value is -1.36. The Balaban J connectivity index is 2.07. The van der Waals surface area contributed by atoms with Crippen LogP contribution in [0.3, 0.4) is 0 Å². The Kier molecular flexibility index (Phi) is 6.23. The van der Waals surface area contributed by atoms with Gasteiger partial charge in [-0.05, 0) is 23.9 Å². The molecule has 3 nitrogen and oxygen atoms in total. The lowest BCUT2D eigenvalue weighted by molar-refractivity contribution is 0.0341. The number of thiophene rings is 1. The van der Waals surface area contributed by atoms with Gasteiger partial charge < -0.3 is 15.2 Å². The van der Waals surface area contributed by atoms with E-state index in [0.717, 1.165) is 24.2 Å². The van der Waals surface area contributed by atoms with Gasteiger partial charge in [0.2, 0.25) is 0 Å². The summed E-state index contributed by atoms with van der Waals surface area (Å²) in [5, 5.41) is 2.09. The smallest absolute Gasteiger partial charge is 0.124 e. The predicted molar refractivity (Wildman–Crippen MR) is 88.0 cm³/mol. The number of nitrogens with two attached hydrogens (primary N) is 1. The van der Waals surface area contributed by atoms with Gasteiger partial charge in [-0.3, -0.25) is 0 Å². The van der Waals surface area contributed by atoms with Gasteiger partial charge in [0.05, 0.1) is 13.7 Å². The van der Waals surface area contributed by atoms with Crippen LogP contribution >= 0.6 is 11.3 Å². The molecule has 0 saturated heterocycles. The summed E-state index contributed by atoms with van der Waals surface area (Å²) in [6.07, 6.45) is 1.65. The van der Waals surface area contributed by atoms with Gasteiger partial charge in [0.25, 0.3) is 0 Å². The van der Waals surface area contributed by atoms with Crippen molar-refractivity contribution in [1.29, 1.82) is 0 Å². The van der Waals surface area contributed by atoms with Crippen molar-refractivity contribution < 1.29 is 9.47 Å². The van der Waals surface area contributed by atoms with Gasteiger partial charge >= 0.3 is 0 Å². The maximum atomic E-state index is 6.25. The zero-order chi connectivity index (χ0) is 15.1. The first-order chi connectivity index (χ1) is 10.3. The summed E-state index contributed by atoms with van der Waals surface area (Å²) in [4.78, 5) is 1.33. The van der Waals surface area contributed by atoms with Crippen LogP contribution in [0.25, 0.3) is 0 Å². The van der Waals surface area contributed by atoms with Gasteiger partial charge in [0.1, 0.15) is 11.9 Å². The molecule has 0 aliphatic carbocycles. The van der Waals surface area contributed by atoms with E-state index in [9.17, 15) is 0 Å². The molecule has 2 atom stereocenters. The van der Waals surface area contributed by atoms with E-state index in [1.54, 1.807) is 18.4 Å². The highest BCUT2D eigenvalue weighted by Gasteiger charge is 2.22. The van der Waals surface area contributed by atoms with Crippen LogP contribution in [-0.4, -0.2) is 19.8 Å². The van der Waals surface area contributed by atoms with E-state index >= 15 is 0 Å². The van der Waals surface area contributed by atoms with Crippen LogP contribution in [0.4, 0.5) is 0 Å². The third-order valence-electron chi connectivity index (χ3n) is 3.53. The van der Waals surface area contributed by atoms with E-state index in [1.807, 2.05) is 24.3 Å². The SMILES string of the molecule is CCC(N)C(OCCc1cccs1)c1ccccc1OC. The summed E-state index contributed by atoms with van der Waals surface area (Å²) in [7, 11) is 1.68. The summed E-state index contributed by atoms with van der Waals surface area (Å²) >= 11 is 1.76. The molecule has 2 rings (SSSR count). The molecule has 0 aliphatic heterocycles. The molecule has 114 valence electrons. The Morgan fingerprint density at radius 2 is 2.00 bits per heavy atom. The van der Waals surface area contributed by atoms with Crippen molar-refractivity contribution in [3.8, 4) is 5.75 Å². The van der Waals surface area contributed by atoms with Crippen molar-refractivity contribution in [2.75, 3.05) is 13.7 Å². The molecule has 0 saturated carbocycles. The molecule has 0 radical (unpaired) electrons.